The highest BCUT2D eigenvalue weighted by molar-refractivity contribution is 6.32. The molecule has 20 nitrogen and oxygen atoms in total. The van der Waals surface area contributed by atoms with Crippen molar-refractivity contribution in [2.24, 2.45) is 11.8 Å². The molecule has 6 aliphatic rings. The number of methoxy groups -OCH3 is 1. The molecule has 10 atom stereocenters. The Morgan fingerprint density at radius 2 is 1.64 bits per heavy atom. The highest BCUT2D eigenvalue weighted by atomic mass is 16.7. The van der Waals surface area contributed by atoms with Gasteiger partial charge in [-0.3, -0.25) is 48.2 Å². The summed E-state index contributed by atoms with van der Waals surface area (Å²) >= 11 is 0. The highest BCUT2D eigenvalue weighted by Gasteiger charge is 2.55. The van der Waals surface area contributed by atoms with Crippen LogP contribution in [0.5, 0.6) is 11.5 Å². The Hall–Kier alpha value is -5.74. The number of aromatic hydroxyl groups is 2. The topological polar surface area (TPSA) is 274 Å². The first-order chi connectivity index (χ1) is 33.2. The Labute approximate surface area is 403 Å². The molecule has 20 heteroatoms. The number of carbonyl (C=O) groups excluding carboxylic acids is 8. The lowest BCUT2D eigenvalue weighted by atomic mass is 9.72. The third-order valence-corrected chi connectivity index (χ3v) is 14.5. The molecule has 8 rings (SSSR count). The van der Waals surface area contributed by atoms with Crippen LogP contribution in [0.25, 0.3) is 0 Å². The number of anilines is 1. The maximum absolute atomic E-state index is 14.7. The molecule has 2 aromatic rings. The van der Waals surface area contributed by atoms with Gasteiger partial charge in [0.25, 0.3) is 11.8 Å². The second kappa shape index (κ2) is 20.2. The van der Waals surface area contributed by atoms with E-state index in [-0.39, 0.29) is 89.4 Å². The van der Waals surface area contributed by atoms with Crippen molar-refractivity contribution in [2.75, 3.05) is 32.1 Å². The predicted molar refractivity (Wildman–Crippen MR) is 244 cm³/mol. The molecular weight excluding hydrogens is 913 g/mol. The summed E-state index contributed by atoms with van der Waals surface area (Å²) in [5.41, 5.74) is -4.12. The average Bonchev–Trinajstić information content (AvgIpc) is 3.86. The number of benzene rings is 2. The zero-order valence-corrected chi connectivity index (χ0v) is 40.0. The number of phenols is 2. The number of ketones is 4. The van der Waals surface area contributed by atoms with Gasteiger partial charge in [-0.05, 0) is 45.6 Å². The number of hydrogen-bond donors (Lipinski definition) is 5. The number of carbonyl (C=O) groups is 8. The molecule has 5 N–H and O–H groups in total. The summed E-state index contributed by atoms with van der Waals surface area (Å²) in [6.45, 7) is 9.14. The van der Waals surface area contributed by atoms with Gasteiger partial charge in [-0.25, -0.2) is 0 Å². The third-order valence-electron chi connectivity index (χ3n) is 14.5. The van der Waals surface area contributed by atoms with Crippen molar-refractivity contribution in [3.63, 3.8) is 0 Å². The molecular formula is C50H60N4O16. The van der Waals surface area contributed by atoms with Crippen LogP contribution in [0.15, 0.2) is 30.4 Å². The minimum Gasteiger partial charge on any atom is -0.507 e. The van der Waals surface area contributed by atoms with Crippen LogP contribution in [0.4, 0.5) is 5.69 Å². The Morgan fingerprint density at radius 1 is 0.929 bits per heavy atom. The van der Waals surface area contributed by atoms with Crippen LogP contribution in [0.2, 0.25) is 0 Å². The minimum absolute atomic E-state index is 0.0834. The summed E-state index contributed by atoms with van der Waals surface area (Å²) in [5, 5.41) is 41.1. The maximum Gasteiger partial charge on any atom is 0.253 e. The van der Waals surface area contributed by atoms with Crippen molar-refractivity contribution in [3.8, 4) is 11.5 Å². The largest absolute Gasteiger partial charge is 0.507 e. The van der Waals surface area contributed by atoms with Gasteiger partial charge in [0.2, 0.25) is 11.8 Å². The fraction of sp³-hybridized carbons (Fsp3) is 0.560. The number of phenolic OH excluding ortho intramolecular Hbond substituents is 2. The van der Waals surface area contributed by atoms with Gasteiger partial charge in [-0.15, -0.1) is 0 Å². The Bertz CT molecular complexity index is 2520. The summed E-state index contributed by atoms with van der Waals surface area (Å²) in [6, 6.07) is 2.69. The average molecular weight is 973 g/mol. The summed E-state index contributed by atoms with van der Waals surface area (Å²) in [5.74, 6) is -7.17. The number of amides is 4. The van der Waals surface area contributed by atoms with Crippen LogP contribution in [0, 0.1) is 11.8 Å². The summed E-state index contributed by atoms with van der Waals surface area (Å²) in [7, 11) is 1.52. The Balaban J connectivity index is 0.979. The van der Waals surface area contributed by atoms with Gasteiger partial charge in [0.1, 0.15) is 35.0 Å². The van der Waals surface area contributed by atoms with Crippen molar-refractivity contribution >= 4 is 52.4 Å². The number of hydrogen-bond acceptors (Lipinski definition) is 17. The Morgan fingerprint density at radius 3 is 2.33 bits per heavy atom. The molecule has 3 fully saturated rings. The van der Waals surface area contributed by atoms with Crippen LogP contribution in [-0.4, -0.2) is 147 Å². The molecule has 2 aromatic carbocycles. The quantitative estimate of drug-likeness (QED) is 0.0739. The molecule has 0 spiro atoms. The summed E-state index contributed by atoms with van der Waals surface area (Å²) in [6.07, 6.45) is -0.882. The SMILES string of the molecule is CO[C@H]1OCCN2[C@@H]1O[C@@H]1[C@H](C)OC(O[C@H]3C[C@](O)(C(C)=O)Cc4c(O)c5c(c(O)c43)C(=O)c3c(NC(=O)[C@H](C)NC(=O)[C@@H](CC(=O)CCCCCN4C(=O)C=CC4=O)C(C)C)cccc3C5=O)C[C@@H]12. The first-order valence-electron chi connectivity index (χ1n) is 23.8. The summed E-state index contributed by atoms with van der Waals surface area (Å²) in [4.78, 5) is 109. The van der Waals surface area contributed by atoms with Crippen LogP contribution in [0.3, 0.4) is 0 Å². The number of fused-ring (bicyclic) bond motifs is 6. The molecule has 0 saturated carbocycles. The number of nitrogens with zero attached hydrogens (tertiary/aromatic N) is 2. The molecule has 4 aliphatic heterocycles. The Kier molecular flexibility index (Phi) is 14.6. The van der Waals surface area contributed by atoms with E-state index in [0.717, 1.165) is 4.90 Å². The molecule has 70 heavy (non-hydrogen) atoms. The molecule has 376 valence electrons. The van der Waals surface area contributed by atoms with E-state index in [0.29, 0.717) is 32.4 Å². The lowest BCUT2D eigenvalue weighted by Gasteiger charge is -2.43. The van der Waals surface area contributed by atoms with Gasteiger partial charge in [-0.1, -0.05) is 32.4 Å². The normalized spacial score (nSPS) is 27.9. The molecule has 3 saturated heterocycles. The van der Waals surface area contributed by atoms with Gasteiger partial charge < -0.3 is 49.6 Å². The second-order valence-corrected chi connectivity index (χ2v) is 19.4. The molecule has 1 unspecified atom stereocenters. The molecule has 4 amide bonds. The molecule has 0 aromatic heterocycles. The van der Waals surface area contributed by atoms with Crippen LogP contribution >= 0.6 is 0 Å². The van der Waals surface area contributed by atoms with Crippen LogP contribution in [0.1, 0.15) is 129 Å². The van der Waals surface area contributed by atoms with E-state index in [4.69, 9.17) is 23.7 Å². The van der Waals surface area contributed by atoms with Crippen molar-refractivity contribution in [1.29, 1.82) is 0 Å². The molecule has 2 aliphatic carbocycles. The standard InChI is InChI=1S/C50H60N4O16/c1-23(2)29(19-27(56)11-8-7-9-16-54-34(57)14-15-35(54)58)47(64)51-24(3)46(63)52-31-13-10-12-28-37(31)43(61)40-39(41(28)59)42(60)30-21-50(65,26(5)55)22-33(38(30)44(40)62)69-36-20-32-45(25(4)68-36)70-48-49(66-6)67-18-17-53(32)48/h10,12-15,23-25,29,32-33,36,45,48-49,60,62,65H,7-9,11,16-22H2,1-6H3,(H,51,64)(H,52,63)/t24-,25-,29-,32-,33-,36?,45+,48+,49-,50-/m0/s1. The van der Waals surface area contributed by atoms with Crippen molar-refractivity contribution in [3.05, 3.63) is 63.7 Å². The third kappa shape index (κ3) is 9.45. The van der Waals surface area contributed by atoms with Gasteiger partial charge >= 0.3 is 0 Å². The number of nitrogens with one attached hydrogen (secondary N) is 2. The smallest absolute Gasteiger partial charge is 0.253 e. The lowest BCUT2D eigenvalue weighted by Crippen LogP contribution is -2.55. The van der Waals surface area contributed by atoms with E-state index in [1.54, 1.807) is 13.8 Å². The molecule has 0 bridgehead atoms. The number of unbranched alkanes of at least 4 members (excludes halogenated alkanes) is 2. The van der Waals surface area contributed by atoms with Gasteiger partial charge in [0.15, 0.2) is 36.2 Å². The van der Waals surface area contributed by atoms with E-state index in [1.807, 2.05) is 6.92 Å². The van der Waals surface area contributed by atoms with Gasteiger partial charge in [0.05, 0.1) is 41.2 Å². The highest BCUT2D eigenvalue weighted by Crippen LogP contribution is 2.53. The van der Waals surface area contributed by atoms with Crippen molar-refractivity contribution < 1.29 is 77.4 Å². The second-order valence-electron chi connectivity index (χ2n) is 19.4. The van der Waals surface area contributed by atoms with E-state index in [9.17, 15) is 53.7 Å². The molecule has 4 heterocycles. The monoisotopic (exact) mass is 972 g/mol. The van der Waals surface area contributed by atoms with E-state index >= 15 is 0 Å². The fourth-order valence-corrected chi connectivity index (χ4v) is 10.6. The minimum atomic E-state index is -2.11. The number of Topliss-reactive ketones (excluding diaryl/α,β-unsaturated/α-hetero) is 2. The zero-order valence-electron chi connectivity index (χ0n) is 40.0. The first-order valence-corrected chi connectivity index (χ1v) is 23.8. The zero-order chi connectivity index (χ0) is 50.5. The molecule has 0 radical (unpaired) electrons. The van der Waals surface area contributed by atoms with Crippen LogP contribution < -0.4 is 10.6 Å². The van der Waals surface area contributed by atoms with Gasteiger partial charge in [0, 0.05) is 93.1 Å². The fourth-order valence-electron chi connectivity index (χ4n) is 10.6. The van der Waals surface area contributed by atoms with Crippen molar-refractivity contribution in [1.82, 2.24) is 15.1 Å². The number of imide groups is 1. The van der Waals surface area contributed by atoms with Gasteiger partial charge in [-0.2, -0.15) is 0 Å². The first kappa shape index (κ1) is 50.6. The number of aliphatic hydroxyl groups is 1. The van der Waals surface area contributed by atoms with E-state index in [1.165, 1.54) is 51.3 Å². The summed E-state index contributed by atoms with van der Waals surface area (Å²) < 4.78 is 30.4. The van der Waals surface area contributed by atoms with Crippen molar-refractivity contribution in [2.45, 2.75) is 141 Å². The number of rotatable bonds is 17. The maximum atomic E-state index is 14.7. The lowest BCUT2D eigenvalue weighted by molar-refractivity contribution is -0.256. The van der Waals surface area contributed by atoms with Crippen LogP contribution in [-0.2, 0) is 58.9 Å². The predicted octanol–water partition coefficient (Wildman–Crippen LogP) is 2.89. The number of morpholine rings is 1. The van der Waals surface area contributed by atoms with E-state index in [2.05, 4.69) is 15.5 Å². The van der Waals surface area contributed by atoms with E-state index < -0.39 is 113 Å². The number of ether oxygens (including phenoxy) is 5.